The van der Waals surface area contributed by atoms with Gasteiger partial charge in [-0.25, -0.2) is 9.78 Å². The summed E-state index contributed by atoms with van der Waals surface area (Å²) in [5.41, 5.74) is 0.951. The number of benzene rings is 1. The second kappa shape index (κ2) is 6.78. The van der Waals surface area contributed by atoms with Crippen molar-refractivity contribution in [2.45, 2.75) is 19.0 Å². The van der Waals surface area contributed by atoms with Gasteiger partial charge in [0, 0.05) is 25.2 Å². The molecule has 1 atom stereocenters. The molecule has 1 aliphatic rings. The first kappa shape index (κ1) is 15.5. The van der Waals surface area contributed by atoms with E-state index < -0.39 is 0 Å². The van der Waals surface area contributed by atoms with Gasteiger partial charge in [0.15, 0.2) is 5.82 Å². The third-order valence-corrected chi connectivity index (χ3v) is 4.21. The van der Waals surface area contributed by atoms with Crippen molar-refractivity contribution in [1.29, 1.82) is 0 Å². The molecule has 1 aromatic heterocycles. The summed E-state index contributed by atoms with van der Waals surface area (Å²) in [5.74, 6) is 1.29. The highest BCUT2D eigenvalue weighted by molar-refractivity contribution is 5.74. The van der Waals surface area contributed by atoms with Gasteiger partial charge in [-0.3, -0.25) is 5.10 Å². The fourth-order valence-corrected chi connectivity index (χ4v) is 2.77. The fraction of sp³-hybridized carbons (Fsp3) is 0.438. The van der Waals surface area contributed by atoms with Crippen LogP contribution < -0.4 is 5.32 Å². The molecule has 122 valence electrons. The highest BCUT2D eigenvalue weighted by Crippen LogP contribution is 2.14. The first-order valence-electron chi connectivity index (χ1n) is 7.79. The molecule has 2 heterocycles. The van der Waals surface area contributed by atoms with Gasteiger partial charge in [-0.15, -0.1) is 0 Å². The Balaban J connectivity index is 1.54. The molecule has 2 amide bonds. The van der Waals surface area contributed by atoms with Gasteiger partial charge in [-0.05, 0) is 20.0 Å². The maximum Gasteiger partial charge on any atom is 0.317 e. The number of aromatic amines is 1. The van der Waals surface area contributed by atoms with Crippen LogP contribution in [-0.2, 0) is 6.54 Å². The first-order chi connectivity index (χ1) is 11.1. The fourth-order valence-electron chi connectivity index (χ4n) is 2.77. The number of urea groups is 1. The van der Waals surface area contributed by atoms with Gasteiger partial charge in [0.25, 0.3) is 0 Å². The molecule has 7 nitrogen and oxygen atoms in total. The van der Waals surface area contributed by atoms with E-state index in [4.69, 9.17) is 0 Å². The van der Waals surface area contributed by atoms with E-state index in [-0.39, 0.29) is 12.1 Å². The quantitative estimate of drug-likeness (QED) is 0.892. The van der Waals surface area contributed by atoms with Gasteiger partial charge in [0.1, 0.15) is 5.82 Å². The average Bonchev–Trinajstić information content (AvgIpc) is 3.22. The molecule has 1 aromatic carbocycles. The molecule has 2 N–H and O–H groups in total. The van der Waals surface area contributed by atoms with Crippen LogP contribution in [0.5, 0.6) is 0 Å². The number of rotatable bonds is 4. The van der Waals surface area contributed by atoms with Gasteiger partial charge in [0.05, 0.1) is 6.54 Å². The van der Waals surface area contributed by atoms with E-state index in [0.717, 1.165) is 25.1 Å². The summed E-state index contributed by atoms with van der Waals surface area (Å²) in [6.45, 7) is 2.29. The number of nitrogens with one attached hydrogen (secondary N) is 2. The number of likely N-dealkylation sites (N-methyl/N-ethyl adjacent to an activating group) is 2. The van der Waals surface area contributed by atoms with Crippen LogP contribution in [0.25, 0.3) is 11.4 Å². The molecule has 2 aromatic rings. The molecular formula is C16H22N6O. The Morgan fingerprint density at radius 1 is 1.43 bits per heavy atom. The number of hydrogen-bond acceptors (Lipinski definition) is 4. The molecular weight excluding hydrogens is 292 g/mol. The smallest absolute Gasteiger partial charge is 0.317 e. The van der Waals surface area contributed by atoms with Crippen molar-refractivity contribution in [3.8, 4) is 11.4 Å². The lowest BCUT2D eigenvalue weighted by molar-refractivity contribution is 0.190. The molecule has 0 saturated carbocycles. The molecule has 7 heteroatoms. The van der Waals surface area contributed by atoms with Crippen molar-refractivity contribution >= 4 is 6.03 Å². The van der Waals surface area contributed by atoms with Crippen LogP contribution in [0.3, 0.4) is 0 Å². The molecule has 23 heavy (non-hydrogen) atoms. The van der Waals surface area contributed by atoms with Crippen LogP contribution in [0.2, 0.25) is 0 Å². The Morgan fingerprint density at radius 2 is 2.22 bits per heavy atom. The molecule has 1 aliphatic heterocycles. The maximum absolute atomic E-state index is 12.2. The van der Waals surface area contributed by atoms with E-state index in [2.05, 4.69) is 32.4 Å². The highest BCUT2D eigenvalue weighted by atomic mass is 16.2. The molecule has 0 aliphatic carbocycles. The summed E-state index contributed by atoms with van der Waals surface area (Å²) in [6.07, 6.45) is 1.01. The third kappa shape index (κ3) is 3.68. The minimum absolute atomic E-state index is 0.0806. The zero-order valence-corrected chi connectivity index (χ0v) is 13.5. The summed E-state index contributed by atoms with van der Waals surface area (Å²) in [4.78, 5) is 20.6. The zero-order valence-electron chi connectivity index (χ0n) is 13.5. The van der Waals surface area contributed by atoms with Crippen LogP contribution in [0.4, 0.5) is 4.79 Å². The minimum Gasteiger partial charge on any atom is -0.331 e. The van der Waals surface area contributed by atoms with E-state index in [9.17, 15) is 4.79 Å². The van der Waals surface area contributed by atoms with E-state index in [1.807, 2.05) is 37.4 Å². The van der Waals surface area contributed by atoms with Crippen LogP contribution >= 0.6 is 0 Å². The lowest BCUT2D eigenvalue weighted by atomic mass is 10.2. The van der Waals surface area contributed by atoms with E-state index >= 15 is 0 Å². The Morgan fingerprint density at radius 3 is 2.91 bits per heavy atom. The van der Waals surface area contributed by atoms with Gasteiger partial charge >= 0.3 is 6.03 Å². The monoisotopic (exact) mass is 314 g/mol. The molecule has 0 radical (unpaired) electrons. The van der Waals surface area contributed by atoms with Crippen molar-refractivity contribution in [3.63, 3.8) is 0 Å². The number of aromatic nitrogens is 3. The molecule has 3 rings (SSSR count). The molecule has 0 bridgehead atoms. The van der Waals surface area contributed by atoms with E-state index in [1.54, 1.807) is 4.90 Å². The molecule has 1 saturated heterocycles. The van der Waals surface area contributed by atoms with Crippen LogP contribution in [-0.4, -0.2) is 64.2 Å². The average molecular weight is 314 g/mol. The number of hydrogen-bond donors (Lipinski definition) is 2. The van der Waals surface area contributed by atoms with Crippen LogP contribution in [0.15, 0.2) is 30.3 Å². The number of H-pyrrole nitrogens is 1. The number of likely N-dealkylation sites (tertiary alicyclic amines) is 1. The second-order valence-corrected chi connectivity index (χ2v) is 5.95. The van der Waals surface area contributed by atoms with E-state index in [1.165, 1.54) is 0 Å². The number of carbonyl (C=O) groups is 1. The standard InChI is InChI=1S/C16H22N6O/c1-21-9-8-13(11-21)22(2)16(23)17-10-14-18-15(20-19-14)12-6-4-3-5-7-12/h3-7,13H,8-11H2,1-2H3,(H,17,23)(H,18,19,20). The summed E-state index contributed by atoms with van der Waals surface area (Å²) in [6, 6.07) is 9.94. The third-order valence-electron chi connectivity index (χ3n) is 4.21. The summed E-state index contributed by atoms with van der Waals surface area (Å²) < 4.78 is 0. The predicted molar refractivity (Wildman–Crippen MR) is 87.7 cm³/mol. The van der Waals surface area contributed by atoms with Crippen LogP contribution in [0.1, 0.15) is 12.2 Å². The lowest BCUT2D eigenvalue weighted by Crippen LogP contribution is -2.44. The number of amides is 2. The molecule has 0 spiro atoms. The molecule has 1 unspecified atom stereocenters. The second-order valence-electron chi connectivity index (χ2n) is 5.95. The highest BCUT2D eigenvalue weighted by Gasteiger charge is 2.26. The Kier molecular flexibility index (Phi) is 4.57. The predicted octanol–water partition coefficient (Wildman–Crippen LogP) is 1.32. The zero-order chi connectivity index (χ0) is 16.2. The van der Waals surface area contributed by atoms with Crippen molar-refractivity contribution in [1.82, 2.24) is 30.3 Å². The Bertz CT molecular complexity index is 656. The lowest BCUT2D eigenvalue weighted by Gasteiger charge is -2.24. The van der Waals surface area contributed by atoms with Crippen molar-refractivity contribution in [3.05, 3.63) is 36.2 Å². The van der Waals surface area contributed by atoms with Crippen LogP contribution in [0, 0.1) is 0 Å². The number of nitrogens with zero attached hydrogens (tertiary/aromatic N) is 4. The summed E-state index contributed by atoms with van der Waals surface area (Å²) in [5, 5.41) is 9.95. The Labute approximate surface area is 135 Å². The Hall–Kier alpha value is -2.41. The SMILES string of the molecule is CN1CCC(N(C)C(=O)NCc2nc(-c3ccccc3)n[nH]2)C1. The first-order valence-corrected chi connectivity index (χ1v) is 7.79. The normalized spacial score (nSPS) is 18.1. The summed E-state index contributed by atoms with van der Waals surface area (Å²) in [7, 11) is 3.92. The largest absolute Gasteiger partial charge is 0.331 e. The molecule has 1 fully saturated rings. The van der Waals surface area contributed by atoms with E-state index in [0.29, 0.717) is 18.2 Å². The maximum atomic E-state index is 12.2. The minimum atomic E-state index is -0.0806. The van der Waals surface area contributed by atoms with Crippen molar-refractivity contribution in [2.75, 3.05) is 27.2 Å². The van der Waals surface area contributed by atoms with Crippen molar-refractivity contribution in [2.24, 2.45) is 0 Å². The van der Waals surface area contributed by atoms with Crippen molar-refractivity contribution < 1.29 is 4.79 Å². The van der Waals surface area contributed by atoms with Gasteiger partial charge in [-0.1, -0.05) is 30.3 Å². The van der Waals surface area contributed by atoms with Gasteiger partial charge < -0.3 is 15.1 Å². The summed E-state index contributed by atoms with van der Waals surface area (Å²) >= 11 is 0. The van der Waals surface area contributed by atoms with Gasteiger partial charge in [-0.2, -0.15) is 5.10 Å². The van der Waals surface area contributed by atoms with Gasteiger partial charge in [0.2, 0.25) is 0 Å². The topological polar surface area (TPSA) is 77.2 Å². The number of carbonyl (C=O) groups excluding carboxylic acids is 1.